The average Bonchev–Trinajstić information content (AvgIpc) is 2.65. The van der Waals surface area contributed by atoms with Crippen molar-refractivity contribution in [2.75, 3.05) is 19.8 Å². The summed E-state index contributed by atoms with van der Waals surface area (Å²) in [4.78, 5) is 10.3. The molecule has 2 unspecified atom stereocenters. The van der Waals surface area contributed by atoms with Crippen LogP contribution in [0.2, 0.25) is 0 Å². The molecular formula is C18H34N3O7P. The fourth-order valence-corrected chi connectivity index (χ4v) is 7.39. The van der Waals surface area contributed by atoms with Crippen LogP contribution >= 0.6 is 7.67 Å². The molecule has 0 aromatic rings. The number of aliphatic hydroxyl groups excluding tert-OH is 4. The van der Waals surface area contributed by atoms with Crippen molar-refractivity contribution in [3.05, 3.63) is 0 Å². The highest BCUT2D eigenvalue weighted by atomic mass is 31.2. The summed E-state index contributed by atoms with van der Waals surface area (Å²) in [6, 6.07) is -1.07. The minimum absolute atomic E-state index is 0.120. The first kappa shape index (κ1) is 22.1. The topological polar surface area (TPSA) is 164 Å². The summed E-state index contributed by atoms with van der Waals surface area (Å²) >= 11 is 0. The second kappa shape index (κ2) is 8.43. The van der Waals surface area contributed by atoms with Gasteiger partial charge in [0.05, 0.1) is 19.3 Å². The van der Waals surface area contributed by atoms with Gasteiger partial charge in [-0.05, 0) is 61.7 Å². The molecule has 5 fully saturated rings. The van der Waals surface area contributed by atoms with E-state index in [0.29, 0.717) is 6.54 Å². The number of hydrogen-bond acceptors (Lipinski definition) is 7. The number of hydrogen-bond donors (Lipinski definition) is 8. The van der Waals surface area contributed by atoms with Gasteiger partial charge in [0.1, 0.15) is 18.3 Å². The molecule has 11 heteroatoms. The van der Waals surface area contributed by atoms with Gasteiger partial charge in [0.25, 0.3) is 0 Å². The monoisotopic (exact) mass is 435 g/mol. The van der Waals surface area contributed by atoms with Crippen LogP contribution in [0.1, 0.15) is 38.5 Å². The van der Waals surface area contributed by atoms with E-state index in [2.05, 4.69) is 15.5 Å². The smallest absolute Gasteiger partial charge is 0.339 e. The lowest BCUT2D eigenvalue weighted by Crippen LogP contribution is -2.64. The molecule has 0 radical (unpaired) electrons. The fourth-order valence-electron chi connectivity index (χ4n) is 6.43. The third-order valence-electron chi connectivity index (χ3n) is 7.36. The van der Waals surface area contributed by atoms with Crippen molar-refractivity contribution in [2.24, 2.45) is 23.2 Å². The molecule has 10 nitrogen and oxygen atoms in total. The minimum Gasteiger partial charge on any atom is -0.394 e. The van der Waals surface area contributed by atoms with E-state index in [9.17, 15) is 24.8 Å². The Morgan fingerprint density at radius 1 is 0.966 bits per heavy atom. The highest BCUT2D eigenvalue weighted by Gasteiger charge is 2.51. The van der Waals surface area contributed by atoms with Gasteiger partial charge in [-0.1, -0.05) is 0 Å². The fraction of sp³-hybridized carbons (Fsp3) is 1.00. The van der Waals surface area contributed by atoms with Gasteiger partial charge in [-0.25, -0.2) is 10.2 Å². The van der Waals surface area contributed by atoms with E-state index >= 15 is 0 Å². The second-order valence-electron chi connectivity index (χ2n) is 9.62. The SMILES string of the molecule is O=P(O)(NCN[C@H]1C(O)O[C@H](CO)[C@H](O)[C@@H]1O)NCC12CC3CC(CC(C3)C1)C2. The minimum atomic E-state index is -3.82. The lowest BCUT2D eigenvalue weighted by Gasteiger charge is -2.57. The van der Waals surface area contributed by atoms with Gasteiger partial charge in [-0.3, -0.25) is 9.88 Å². The summed E-state index contributed by atoms with van der Waals surface area (Å²) in [7, 11) is -3.82. The highest BCUT2D eigenvalue weighted by molar-refractivity contribution is 7.53. The zero-order valence-electron chi connectivity index (χ0n) is 16.5. The molecule has 0 aromatic heterocycles. The predicted molar refractivity (Wildman–Crippen MR) is 103 cm³/mol. The Labute approximate surface area is 170 Å². The maximum Gasteiger partial charge on any atom is 0.339 e. The summed E-state index contributed by atoms with van der Waals surface area (Å²) in [5.41, 5.74) is 0.120. The van der Waals surface area contributed by atoms with E-state index in [0.717, 1.165) is 37.0 Å². The molecule has 4 bridgehead atoms. The molecule has 8 N–H and O–H groups in total. The molecule has 0 aromatic carbocycles. The van der Waals surface area contributed by atoms with Gasteiger partial charge in [-0.15, -0.1) is 0 Å². The summed E-state index contributed by atoms with van der Waals surface area (Å²) < 4.78 is 17.6. The van der Waals surface area contributed by atoms with Crippen LogP contribution in [0.3, 0.4) is 0 Å². The van der Waals surface area contributed by atoms with Crippen LogP contribution in [0, 0.1) is 23.2 Å². The highest BCUT2D eigenvalue weighted by Crippen LogP contribution is 2.60. The number of ether oxygens (including phenoxy) is 1. The third-order valence-corrected chi connectivity index (χ3v) is 8.54. The van der Waals surface area contributed by atoms with E-state index in [1.165, 1.54) is 19.3 Å². The van der Waals surface area contributed by atoms with Gasteiger partial charge >= 0.3 is 7.67 Å². The van der Waals surface area contributed by atoms with Gasteiger partial charge in [0.2, 0.25) is 0 Å². The first-order valence-corrected chi connectivity index (χ1v) is 12.2. The van der Waals surface area contributed by atoms with Crippen LogP contribution in [0.25, 0.3) is 0 Å². The van der Waals surface area contributed by atoms with E-state index < -0.39 is 44.9 Å². The number of nitrogens with one attached hydrogen (secondary N) is 3. The van der Waals surface area contributed by atoms with E-state index in [4.69, 9.17) is 9.84 Å². The molecule has 0 amide bonds. The summed E-state index contributed by atoms with van der Waals surface area (Å²) in [5, 5.41) is 47.1. The Kier molecular flexibility index (Phi) is 6.41. The molecule has 1 aliphatic heterocycles. The normalized spacial score (nSPS) is 48.6. The van der Waals surface area contributed by atoms with E-state index in [1.54, 1.807) is 0 Å². The average molecular weight is 435 g/mol. The molecule has 6 atom stereocenters. The van der Waals surface area contributed by atoms with Crippen LogP contribution in [-0.2, 0) is 9.30 Å². The van der Waals surface area contributed by atoms with Crippen molar-refractivity contribution < 1.29 is 34.6 Å². The van der Waals surface area contributed by atoms with Crippen LogP contribution < -0.4 is 15.5 Å². The first-order valence-electron chi connectivity index (χ1n) is 10.6. The molecule has 1 saturated heterocycles. The molecule has 5 rings (SSSR count). The second-order valence-corrected chi connectivity index (χ2v) is 11.4. The van der Waals surface area contributed by atoms with E-state index in [-0.39, 0.29) is 12.1 Å². The molecule has 1 heterocycles. The molecule has 4 saturated carbocycles. The quantitative estimate of drug-likeness (QED) is 0.172. The zero-order chi connectivity index (χ0) is 20.8. The van der Waals surface area contributed by atoms with Crippen molar-refractivity contribution >= 4 is 7.67 Å². The lowest BCUT2D eigenvalue weighted by atomic mass is 9.50. The zero-order valence-corrected chi connectivity index (χ0v) is 17.4. The molecule has 0 spiro atoms. The molecule has 5 aliphatic rings. The predicted octanol–water partition coefficient (Wildman–Crippen LogP) is -1.17. The maximum absolute atomic E-state index is 12.5. The Morgan fingerprint density at radius 2 is 1.55 bits per heavy atom. The van der Waals surface area contributed by atoms with Crippen molar-refractivity contribution in [3.8, 4) is 0 Å². The maximum atomic E-state index is 12.5. The van der Waals surface area contributed by atoms with E-state index in [1.807, 2.05) is 0 Å². The van der Waals surface area contributed by atoms with Crippen molar-refractivity contribution in [2.45, 2.75) is 69.2 Å². The standard InChI is InChI=1S/C18H34N3O7P/c22-7-13-15(23)16(24)14(17(25)28-13)19-9-21-29(26,27)20-8-18-4-10-1-11(5-18)3-12(2-10)6-18/h10-17,19,22-25H,1-9H2,(H3,20,21,26,27)/t10?,11?,12?,13-,14-,15+,16-,17?,18?/m1/s1. The van der Waals surface area contributed by atoms with Crippen molar-refractivity contribution in [3.63, 3.8) is 0 Å². The van der Waals surface area contributed by atoms with Gasteiger partial charge in [-0.2, -0.15) is 0 Å². The Bertz CT molecular complexity index is 603. The summed E-state index contributed by atoms with van der Waals surface area (Å²) in [6.07, 6.45) is 2.01. The third kappa shape index (κ3) is 4.72. The molecule has 29 heavy (non-hydrogen) atoms. The Morgan fingerprint density at radius 3 is 2.10 bits per heavy atom. The van der Waals surface area contributed by atoms with Gasteiger partial charge in [0.15, 0.2) is 6.29 Å². The summed E-state index contributed by atoms with van der Waals surface area (Å²) in [6.45, 7) is -0.216. The van der Waals surface area contributed by atoms with Crippen molar-refractivity contribution in [1.29, 1.82) is 0 Å². The number of rotatable bonds is 8. The number of aliphatic hydroxyl groups is 4. The Balaban J connectivity index is 1.25. The van der Waals surface area contributed by atoms with Crippen LogP contribution in [0.4, 0.5) is 0 Å². The van der Waals surface area contributed by atoms with Crippen LogP contribution in [0.15, 0.2) is 0 Å². The largest absolute Gasteiger partial charge is 0.394 e. The first-order chi connectivity index (χ1) is 13.7. The molecular weight excluding hydrogens is 401 g/mol. The van der Waals surface area contributed by atoms with Crippen LogP contribution in [0.5, 0.6) is 0 Å². The van der Waals surface area contributed by atoms with Crippen LogP contribution in [-0.4, -0.2) is 75.8 Å². The van der Waals surface area contributed by atoms with Gasteiger partial charge in [0, 0.05) is 6.54 Å². The van der Waals surface area contributed by atoms with Crippen molar-refractivity contribution in [1.82, 2.24) is 15.5 Å². The lowest BCUT2D eigenvalue weighted by molar-refractivity contribution is -0.254. The van der Waals surface area contributed by atoms with Gasteiger partial charge < -0.3 is 30.1 Å². The molecule has 168 valence electrons. The summed E-state index contributed by atoms with van der Waals surface area (Å²) in [5.74, 6) is 2.29. The molecule has 4 aliphatic carbocycles. The Hall–Kier alpha value is -0.130.